The van der Waals surface area contributed by atoms with Gasteiger partial charge in [-0.15, -0.1) is 0 Å². The zero-order valence-electron chi connectivity index (χ0n) is 22.4. The molecule has 39 heavy (non-hydrogen) atoms. The van der Waals surface area contributed by atoms with Gasteiger partial charge in [0.2, 0.25) is 18.3 Å². The standard InChI is InChI=1S/C18H21NO3.C10H10FN3O.CH5N/c1-19-16-13-14(5-6-15(16)3-2-4-17(19)20)7-8-18(21)9-11-22-12-10-18;11-10-9(2-1-3-14-10)4-8(5-12)6-13-7-15;1-2/h5-6,13,21H,2-4,9-12H2,1H3;1-3,5-7H,4,12H2;2H2,1H3/b;8-5-,13-6?;. The van der Waals surface area contributed by atoms with Crippen molar-refractivity contribution in [1.82, 2.24) is 4.98 Å². The van der Waals surface area contributed by atoms with Crippen LogP contribution < -0.4 is 16.4 Å². The SMILES string of the molecule is CN.CN1C(=O)CCCc2ccc(C#CC3(O)CCOCC3)cc21.N/C=C(\C=NC=O)Cc1cccnc1F. The summed E-state index contributed by atoms with van der Waals surface area (Å²) in [5.41, 5.74) is 12.8. The molecule has 10 heteroatoms. The minimum Gasteiger partial charge on any atom is -0.404 e. The van der Waals surface area contributed by atoms with Crippen molar-refractivity contribution in [2.24, 2.45) is 16.5 Å². The van der Waals surface area contributed by atoms with Crippen LogP contribution in [0.2, 0.25) is 0 Å². The van der Waals surface area contributed by atoms with E-state index in [9.17, 15) is 19.1 Å². The smallest absolute Gasteiger partial charge is 0.232 e. The molecule has 1 fully saturated rings. The quantitative estimate of drug-likeness (QED) is 0.235. The van der Waals surface area contributed by atoms with Crippen molar-refractivity contribution < 1.29 is 23.8 Å². The molecule has 5 N–H and O–H groups in total. The molecule has 2 aromatic rings. The molecule has 0 spiro atoms. The summed E-state index contributed by atoms with van der Waals surface area (Å²) in [5.74, 6) is 5.65. The number of ether oxygens (including phenoxy) is 1. The Hall–Kier alpha value is -3.91. The van der Waals surface area contributed by atoms with Crippen molar-refractivity contribution in [3.05, 3.63) is 70.9 Å². The predicted octanol–water partition coefficient (Wildman–Crippen LogP) is 2.29. The molecule has 9 nitrogen and oxygen atoms in total. The molecule has 208 valence electrons. The Morgan fingerprint density at radius 2 is 2.03 bits per heavy atom. The van der Waals surface area contributed by atoms with Crippen LogP contribution in [0.3, 0.4) is 0 Å². The van der Waals surface area contributed by atoms with Crippen LogP contribution in [0, 0.1) is 17.8 Å². The van der Waals surface area contributed by atoms with E-state index in [1.165, 1.54) is 31.2 Å². The fourth-order valence-corrected chi connectivity index (χ4v) is 3.96. The highest BCUT2D eigenvalue weighted by Gasteiger charge is 2.27. The molecule has 4 rings (SSSR count). The highest BCUT2D eigenvalue weighted by molar-refractivity contribution is 5.94. The van der Waals surface area contributed by atoms with Gasteiger partial charge in [-0.2, -0.15) is 4.39 Å². The highest BCUT2D eigenvalue weighted by atomic mass is 19.1. The Morgan fingerprint density at radius 3 is 2.69 bits per heavy atom. The summed E-state index contributed by atoms with van der Waals surface area (Å²) in [6, 6.07) is 9.19. The second-order valence-corrected chi connectivity index (χ2v) is 8.80. The fourth-order valence-electron chi connectivity index (χ4n) is 3.96. The summed E-state index contributed by atoms with van der Waals surface area (Å²) >= 11 is 0. The van der Waals surface area contributed by atoms with Crippen LogP contribution in [0.4, 0.5) is 10.1 Å². The molecule has 0 atom stereocenters. The van der Waals surface area contributed by atoms with E-state index in [0.717, 1.165) is 24.1 Å². The maximum atomic E-state index is 13.1. The van der Waals surface area contributed by atoms with E-state index in [4.69, 9.17) is 10.5 Å². The number of carbonyl (C=O) groups excluding carboxylic acids is 2. The predicted molar refractivity (Wildman–Crippen MR) is 150 cm³/mol. The lowest BCUT2D eigenvalue weighted by atomic mass is 9.94. The summed E-state index contributed by atoms with van der Waals surface area (Å²) in [7, 11) is 3.32. The molecule has 0 saturated carbocycles. The summed E-state index contributed by atoms with van der Waals surface area (Å²) < 4.78 is 18.4. The molecule has 3 heterocycles. The van der Waals surface area contributed by atoms with Gasteiger partial charge in [-0.05, 0) is 55.4 Å². The van der Waals surface area contributed by atoms with Crippen molar-refractivity contribution in [2.45, 2.75) is 44.1 Å². The zero-order chi connectivity index (χ0) is 28.7. The van der Waals surface area contributed by atoms with Crippen LogP contribution in [-0.2, 0) is 27.2 Å². The van der Waals surface area contributed by atoms with Gasteiger partial charge in [0.15, 0.2) is 0 Å². The molecule has 1 aromatic heterocycles. The second-order valence-electron chi connectivity index (χ2n) is 8.80. The Bertz CT molecular complexity index is 1230. The monoisotopic (exact) mass is 537 g/mol. The van der Waals surface area contributed by atoms with Crippen LogP contribution in [0.25, 0.3) is 0 Å². The third kappa shape index (κ3) is 9.72. The Morgan fingerprint density at radius 1 is 1.28 bits per heavy atom. The number of anilines is 1. The van der Waals surface area contributed by atoms with Gasteiger partial charge >= 0.3 is 0 Å². The van der Waals surface area contributed by atoms with Gasteiger partial charge in [-0.3, -0.25) is 9.59 Å². The molecular formula is C29H36FN5O4. The summed E-state index contributed by atoms with van der Waals surface area (Å²) in [6.45, 7) is 1.10. The molecule has 0 unspecified atom stereocenters. The number of hydrogen-bond donors (Lipinski definition) is 3. The van der Waals surface area contributed by atoms with Crippen LogP contribution >= 0.6 is 0 Å². The van der Waals surface area contributed by atoms with E-state index in [2.05, 4.69) is 27.6 Å². The van der Waals surface area contributed by atoms with Crippen molar-refractivity contribution in [3.8, 4) is 11.8 Å². The molecule has 1 saturated heterocycles. The van der Waals surface area contributed by atoms with Gasteiger partial charge in [0.05, 0.1) is 13.2 Å². The first-order chi connectivity index (χ1) is 18.8. The Labute approximate surface area is 228 Å². The third-order valence-corrected chi connectivity index (χ3v) is 6.16. The van der Waals surface area contributed by atoms with Crippen molar-refractivity contribution in [2.75, 3.05) is 32.2 Å². The topological polar surface area (TPSA) is 144 Å². The number of rotatable bonds is 4. The fraction of sp³-hybridized carbons (Fsp3) is 0.379. The first kappa shape index (κ1) is 31.3. The van der Waals surface area contributed by atoms with E-state index in [1.807, 2.05) is 25.2 Å². The molecular weight excluding hydrogens is 501 g/mol. The summed E-state index contributed by atoms with van der Waals surface area (Å²) in [5, 5.41) is 10.4. The lowest BCUT2D eigenvalue weighted by Gasteiger charge is -2.26. The first-order valence-corrected chi connectivity index (χ1v) is 12.6. The molecule has 1 aromatic carbocycles. The van der Waals surface area contributed by atoms with Gasteiger partial charge in [0.1, 0.15) is 5.60 Å². The number of allylic oxidation sites excluding steroid dienone is 1. The van der Waals surface area contributed by atoms with Crippen LogP contribution in [-0.4, -0.2) is 61.5 Å². The number of carbonyl (C=O) groups is 2. The number of fused-ring (bicyclic) bond motifs is 1. The summed E-state index contributed by atoms with van der Waals surface area (Å²) in [4.78, 5) is 30.6. The number of aliphatic imine (C=N–C) groups is 1. The molecule has 0 radical (unpaired) electrons. The molecule has 0 bridgehead atoms. The van der Waals surface area contributed by atoms with Gasteiger partial charge < -0.3 is 26.2 Å². The minimum absolute atomic E-state index is 0.145. The summed E-state index contributed by atoms with van der Waals surface area (Å²) in [6.07, 6.45) is 8.07. The number of nitrogens with zero attached hydrogens (tertiary/aromatic N) is 3. The Balaban J connectivity index is 0.000000275. The average molecular weight is 538 g/mol. The lowest BCUT2D eigenvalue weighted by molar-refractivity contribution is -0.118. The maximum absolute atomic E-state index is 13.1. The van der Waals surface area contributed by atoms with Crippen LogP contribution in [0.1, 0.15) is 42.4 Å². The number of aromatic nitrogens is 1. The van der Waals surface area contributed by atoms with Gasteiger partial charge in [0.25, 0.3) is 0 Å². The number of halogens is 1. The van der Waals surface area contributed by atoms with Gasteiger partial charge in [-0.25, -0.2) is 9.98 Å². The minimum atomic E-state index is -0.952. The number of pyridine rings is 1. The number of benzene rings is 1. The number of nitrogens with two attached hydrogens (primary N) is 2. The van der Waals surface area contributed by atoms with Crippen molar-refractivity contribution in [3.63, 3.8) is 0 Å². The second kappa shape index (κ2) is 16.1. The van der Waals surface area contributed by atoms with E-state index in [-0.39, 0.29) is 12.3 Å². The molecule has 0 aliphatic carbocycles. The maximum Gasteiger partial charge on any atom is 0.232 e. The lowest BCUT2D eigenvalue weighted by Crippen LogP contribution is -2.34. The molecule has 2 aliphatic heterocycles. The number of aliphatic hydroxyl groups is 1. The highest BCUT2D eigenvalue weighted by Crippen LogP contribution is 2.27. The van der Waals surface area contributed by atoms with E-state index in [0.29, 0.717) is 50.0 Å². The van der Waals surface area contributed by atoms with E-state index < -0.39 is 11.5 Å². The average Bonchev–Trinajstić information content (AvgIpc) is 3.10. The number of hydrogen-bond acceptors (Lipinski definition) is 7. The third-order valence-electron chi connectivity index (χ3n) is 6.16. The number of aryl methyl sites for hydroxylation is 1. The van der Waals surface area contributed by atoms with Crippen molar-refractivity contribution in [1.29, 1.82) is 0 Å². The Kier molecular flexibility index (Phi) is 13.0. The zero-order valence-corrected chi connectivity index (χ0v) is 22.4. The van der Waals surface area contributed by atoms with Gasteiger partial charge in [-0.1, -0.05) is 24.0 Å². The van der Waals surface area contributed by atoms with Crippen LogP contribution in [0.5, 0.6) is 0 Å². The number of amides is 2. The largest absolute Gasteiger partial charge is 0.404 e. The van der Waals surface area contributed by atoms with Gasteiger partial charge in [0, 0.05) is 62.0 Å². The van der Waals surface area contributed by atoms with Crippen LogP contribution in [0.15, 0.2) is 53.3 Å². The molecule has 2 amide bonds. The first-order valence-electron chi connectivity index (χ1n) is 12.6. The molecule has 2 aliphatic rings. The van der Waals surface area contributed by atoms with Crippen molar-refractivity contribution >= 4 is 24.2 Å². The van der Waals surface area contributed by atoms with E-state index in [1.54, 1.807) is 17.0 Å². The van der Waals surface area contributed by atoms with E-state index >= 15 is 0 Å². The normalized spacial score (nSPS) is 16.4.